The summed E-state index contributed by atoms with van der Waals surface area (Å²) < 4.78 is 18.0. The van der Waals surface area contributed by atoms with E-state index in [4.69, 9.17) is 19.9 Å². The summed E-state index contributed by atoms with van der Waals surface area (Å²) in [7, 11) is 4.74. The number of nitrogen functional groups attached to an aromatic ring is 1. The number of methoxy groups -OCH3 is 3. The zero-order chi connectivity index (χ0) is 19.0. The first-order valence-corrected chi connectivity index (χ1v) is 9.03. The molecule has 0 spiro atoms. The quantitative estimate of drug-likeness (QED) is 0.530. The third-order valence-electron chi connectivity index (χ3n) is 4.19. The van der Waals surface area contributed by atoms with Crippen LogP contribution in [0.2, 0.25) is 0 Å². The van der Waals surface area contributed by atoms with Gasteiger partial charge < -0.3 is 19.9 Å². The van der Waals surface area contributed by atoms with E-state index in [0.717, 1.165) is 21.8 Å². The first kappa shape index (κ1) is 17.2. The normalized spacial score (nSPS) is 10.9. The first-order chi connectivity index (χ1) is 13.1. The molecule has 4 aromatic rings. The van der Waals surface area contributed by atoms with Crippen LogP contribution in [0.25, 0.3) is 27.6 Å². The maximum absolute atomic E-state index is 5.91. The smallest absolute Gasteiger partial charge is 0.213 e. The van der Waals surface area contributed by atoms with Gasteiger partial charge in [-0.25, -0.2) is 4.52 Å². The summed E-state index contributed by atoms with van der Waals surface area (Å²) in [6, 6.07) is 11.4. The van der Waals surface area contributed by atoms with Gasteiger partial charge >= 0.3 is 0 Å². The Morgan fingerprint density at radius 1 is 0.963 bits per heavy atom. The van der Waals surface area contributed by atoms with E-state index in [1.165, 1.54) is 11.3 Å². The molecule has 0 amide bonds. The molecule has 27 heavy (non-hydrogen) atoms. The minimum absolute atomic E-state index is 0.533. The van der Waals surface area contributed by atoms with Crippen molar-refractivity contribution in [3.8, 4) is 39.9 Å². The third-order valence-corrected chi connectivity index (χ3v) is 5.00. The number of hydrogen-bond acceptors (Lipinski definition) is 7. The summed E-state index contributed by atoms with van der Waals surface area (Å²) in [6.07, 6.45) is 0. The molecule has 2 aromatic carbocycles. The van der Waals surface area contributed by atoms with Crippen LogP contribution in [0.5, 0.6) is 17.2 Å². The average Bonchev–Trinajstić information content (AvgIpc) is 3.27. The summed E-state index contributed by atoms with van der Waals surface area (Å²) in [4.78, 5) is 5.43. The fourth-order valence-electron chi connectivity index (χ4n) is 2.91. The van der Waals surface area contributed by atoms with Crippen molar-refractivity contribution in [1.29, 1.82) is 0 Å². The van der Waals surface area contributed by atoms with Crippen molar-refractivity contribution in [2.75, 3.05) is 27.1 Å². The van der Waals surface area contributed by atoms with Gasteiger partial charge in [-0.05, 0) is 24.3 Å². The lowest BCUT2D eigenvalue weighted by Gasteiger charge is -2.12. The molecule has 0 radical (unpaired) electrons. The van der Waals surface area contributed by atoms with Gasteiger partial charge in [0.15, 0.2) is 17.3 Å². The molecule has 0 saturated carbocycles. The maximum Gasteiger partial charge on any atom is 0.213 e. The molecule has 4 rings (SSSR count). The molecule has 0 atom stereocenters. The SMILES string of the molecule is COc1cc(-c2nc3scc(-c4cccc(N)c4)n3n2)cc(OC)c1OC. The number of hydrogen-bond donors (Lipinski definition) is 1. The highest BCUT2D eigenvalue weighted by Crippen LogP contribution is 2.41. The lowest BCUT2D eigenvalue weighted by atomic mass is 10.1. The fraction of sp³-hybridized carbons (Fsp3) is 0.158. The van der Waals surface area contributed by atoms with Gasteiger partial charge in [0, 0.05) is 22.2 Å². The van der Waals surface area contributed by atoms with E-state index in [1.54, 1.807) is 21.3 Å². The monoisotopic (exact) mass is 382 g/mol. The number of nitrogens with two attached hydrogens (primary N) is 1. The summed E-state index contributed by atoms with van der Waals surface area (Å²) >= 11 is 1.52. The maximum atomic E-state index is 5.91. The van der Waals surface area contributed by atoms with E-state index < -0.39 is 0 Å². The molecule has 0 unspecified atom stereocenters. The molecule has 0 saturated heterocycles. The second kappa shape index (κ2) is 6.81. The Morgan fingerprint density at radius 3 is 2.33 bits per heavy atom. The molecule has 138 valence electrons. The summed E-state index contributed by atoms with van der Waals surface area (Å²) in [5, 5.41) is 6.70. The number of rotatable bonds is 5. The van der Waals surface area contributed by atoms with E-state index in [-0.39, 0.29) is 0 Å². The molecule has 0 aliphatic heterocycles. The highest BCUT2D eigenvalue weighted by Gasteiger charge is 2.18. The Labute approximate surface area is 159 Å². The standard InChI is InChI=1S/C19H18N4O3S/c1-24-15-8-12(9-16(25-2)17(15)26-3)18-21-19-23(22-18)14(10-27-19)11-5-4-6-13(20)7-11/h4-10H,20H2,1-3H3. The topological polar surface area (TPSA) is 83.9 Å². The summed E-state index contributed by atoms with van der Waals surface area (Å²) in [5.74, 6) is 2.22. The molecule has 0 aliphatic carbocycles. The molecule has 0 fully saturated rings. The highest BCUT2D eigenvalue weighted by atomic mass is 32.1. The van der Waals surface area contributed by atoms with Gasteiger partial charge in [0.2, 0.25) is 10.7 Å². The third kappa shape index (κ3) is 2.93. The van der Waals surface area contributed by atoms with Crippen molar-refractivity contribution in [1.82, 2.24) is 14.6 Å². The van der Waals surface area contributed by atoms with Crippen LogP contribution in [0.4, 0.5) is 5.69 Å². The van der Waals surface area contributed by atoms with Crippen LogP contribution in [0, 0.1) is 0 Å². The van der Waals surface area contributed by atoms with Crippen LogP contribution in [0.15, 0.2) is 41.8 Å². The van der Waals surface area contributed by atoms with Crippen LogP contribution >= 0.6 is 11.3 Å². The molecule has 2 heterocycles. The van der Waals surface area contributed by atoms with Crippen molar-refractivity contribution in [3.63, 3.8) is 0 Å². The molecule has 2 N–H and O–H groups in total. The minimum atomic E-state index is 0.533. The van der Waals surface area contributed by atoms with Gasteiger partial charge in [-0.1, -0.05) is 12.1 Å². The van der Waals surface area contributed by atoms with Gasteiger partial charge in [-0.3, -0.25) is 0 Å². The molecule has 0 bridgehead atoms. The minimum Gasteiger partial charge on any atom is -0.493 e. The predicted octanol–water partition coefficient (Wildman–Crippen LogP) is 3.73. The second-order valence-corrected chi connectivity index (χ2v) is 6.63. The number of fused-ring (bicyclic) bond motifs is 1. The van der Waals surface area contributed by atoms with Crippen molar-refractivity contribution in [2.45, 2.75) is 0 Å². The van der Waals surface area contributed by atoms with Crippen LogP contribution in [0.3, 0.4) is 0 Å². The Balaban J connectivity index is 1.84. The van der Waals surface area contributed by atoms with Gasteiger partial charge in [0.05, 0.1) is 27.0 Å². The van der Waals surface area contributed by atoms with E-state index in [1.807, 2.05) is 46.3 Å². The van der Waals surface area contributed by atoms with Gasteiger partial charge in [-0.2, -0.15) is 4.98 Å². The molecular formula is C19H18N4O3S. The average molecular weight is 382 g/mol. The molecule has 2 aromatic heterocycles. The van der Waals surface area contributed by atoms with Crippen LogP contribution < -0.4 is 19.9 Å². The highest BCUT2D eigenvalue weighted by molar-refractivity contribution is 7.15. The van der Waals surface area contributed by atoms with Crippen molar-refractivity contribution in [2.24, 2.45) is 0 Å². The van der Waals surface area contributed by atoms with E-state index >= 15 is 0 Å². The molecule has 7 nitrogen and oxygen atoms in total. The van der Waals surface area contributed by atoms with Gasteiger partial charge in [0.1, 0.15) is 0 Å². The Kier molecular flexibility index (Phi) is 4.33. The largest absolute Gasteiger partial charge is 0.493 e. The Hall–Kier alpha value is -3.26. The Bertz CT molecular complexity index is 1090. The zero-order valence-corrected chi connectivity index (χ0v) is 15.9. The van der Waals surface area contributed by atoms with Crippen molar-refractivity contribution >= 4 is 22.0 Å². The summed E-state index contributed by atoms with van der Waals surface area (Å²) in [6.45, 7) is 0. The van der Waals surface area contributed by atoms with Crippen molar-refractivity contribution < 1.29 is 14.2 Å². The summed E-state index contributed by atoms with van der Waals surface area (Å²) in [5.41, 5.74) is 9.32. The number of nitrogens with zero attached hydrogens (tertiary/aromatic N) is 3. The van der Waals surface area contributed by atoms with Gasteiger partial charge in [-0.15, -0.1) is 16.4 Å². The van der Waals surface area contributed by atoms with Crippen LogP contribution in [0.1, 0.15) is 0 Å². The van der Waals surface area contributed by atoms with Crippen molar-refractivity contribution in [3.05, 3.63) is 41.8 Å². The number of anilines is 1. The van der Waals surface area contributed by atoms with E-state index in [2.05, 4.69) is 10.1 Å². The predicted molar refractivity (Wildman–Crippen MR) is 106 cm³/mol. The Morgan fingerprint density at radius 2 is 1.70 bits per heavy atom. The fourth-order valence-corrected chi connectivity index (χ4v) is 3.74. The number of aromatic nitrogens is 3. The molecular weight excluding hydrogens is 364 g/mol. The van der Waals surface area contributed by atoms with E-state index in [0.29, 0.717) is 28.8 Å². The number of ether oxygens (including phenoxy) is 3. The van der Waals surface area contributed by atoms with E-state index in [9.17, 15) is 0 Å². The lowest BCUT2D eigenvalue weighted by Crippen LogP contribution is -1.96. The second-order valence-electron chi connectivity index (χ2n) is 5.79. The number of thiazole rings is 1. The van der Waals surface area contributed by atoms with Crippen LogP contribution in [-0.4, -0.2) is 35.9 Å². The lowest BCUT2D eigenvalue weighted by molar-refractivity contribution is 0.324. The van der Waals surface area contributed by atoms with Gasteiger partial charge in [0.25, 0.3) is 0 Å². The first-order valence-electron chi connectivity index (χ1n) is 8.15. The molecule has 8 heteroatoms. The number of benzene rings is 2. The zero-order valence-electron chi connectivity index (χ0n) is 15.1. The molecule has 0 aliphatic rings. The van der Waals surface area contributed by atoms with Crippen LogP contribution in [-0.2, 0) is 0 Å².